The van der Waals surface area contributed by atoms with E-state index < -0.39 is 0 Å². The first-order chi connectivity index (χ1) is 19.1. The third kappa shape index (κ3) is 5.95. The lowest BCUT2D eigenvalue weighted by molar-refractivity contribution is 0.173. The Morgan fingerprint density at radius 3 is 2.56 bits per heavy atom. The monoisotopic (exact) mass is 533 g/mol. The fraction of sp³-hybridized carbons (Fsp3) is 0.226. The molecule has 1 saturated heterocycles. The number of fused-ring (bicyclic) bond motifs is 1. The number of aromatic nitrogens is 3. The smallest absolute Gasteiger partial charge is 0.150 e. The zero-order valence-corrected chi connectivity index (χ0v) is 22.4. The van der Waals surface area contributed by atoms with E-state index in [1.165, 1.54) is 18.4 Å². The van der Waals surface area contributed by atoms with E-state index in [4.69, 9.17) is 29.2 Å². The van der Waals surface area contributed by atoms with Gasteiger partial charge in [-0.3, -0.25) is 4.90 Å². The second kappa shape index (κ2) is 11.5. The molecule has 8 heteroatoms. The highest BCUT2D eigenvalue weighted by molar-refractivity contribution is 6.36. The third-order valence-corrected chi connectivity index (χ3v) is 7.46. The molecule has 1 aliphatic rings. The van der Waals surface area contributed by atoms with Crippen molar-refractivity contribution in [2.75, 3.05) is 25.0 Å². The lowest BCUT2D eigenvalue weighted by Gasteiger charge is -2.33. The van der Waals surface area contributed by atoms with Crippen LogP contribution in [0.15, 0.2) is 91.1 Å². The van der Waals surface area contributed by atoms with Gasteiger partial charge >= 0.3 is 0 Å². The molecule has 1 fully saturated rings. The van der Waals surface area contributed by atoms with E-state index in [-0.39, 0.29) is 0 Å². The molecule has 5 aromatic rings. The van der Waals surface area contributed by atoms with E-state index in [0.717, 1.165) is 54.8 Å². The highest BCUT2D eigenvalue weighted by Gasteiger charge is 2.21. The Labute approximate surface area is 235 Å². The summed E-state index contributed by atoms with van der Waals surface area (Å²) in [4.78, 5) is 7.28. The number of para-hydroxylation sites is 1. The Kier molecular flexibility index (Phi) is 7.52. The van der Waals surface area contributed by atoms with Crippen molar-refractivity contribution in [3.63, 3.8) is 0 Å². The van der Waals surface area contributed by atoms with Gasteiger partial charge in [0.2, 0.25) is 0 Å². The van der Waals surface area contributed by atoms with Crippen LogP contribution in [0.1, 0.15) is 18.4 Å². The van der Waals surface area contributed by atoms with Crippen molar-refractivity contribution in [1.82, 2.24) is 19.5 Å². The molecular formula is C31H29BClN5O. The molecule has 39 heavy (non-hydrogen) atoms. The first kappa shape index (κ1) is 25.5. The molecular weight excluding hydrogens is 505 g/mol. The molecule has 6 rings (SSSR count). The van der Waals surface area contributed by atoms with Crippen LogP contribution in [0, 0.1) is 5.92 Å². The lowest BCUT2D eigenvalue weighted by Crippen LogP contribution is -2.37. The number of nitrogens with zero attached hydrogens (tertiary/aromatic N) is 4. The van der Waals surface area contributed by atoms with Crippen LogP contribution in [0.25, 0.3) is 16.9 Å². The molecule has 0 amide bonds. The quantitative estimate of drug-likeness (QED) is 0.249. The highest BCUT2D eigenvalue weighted by atomic mass is 35.5. The van der Waals surface area contributed by atoms with Gasteiger partial charge in [0.05, 0.1) is 5.69 Å². The van der Waals surface area contributed by atoms with Gasteiger partial charge in [-0.05, 0) is 66.7 Å². The normalized spacial score (nSPS) is 15.9. The van der Waals surface area contributed by atoms with Crippen LogP contribution in [0.2, 0.25) is 5.02 Å². The lowest BCUT2D eigenvalue weighted by atomic mass is 9.97. The average Bonchev–Trinajstić information content (AvgIpc) is 3.34. The number of benzene rings is 3. The maximum absolute atomic E-state index is 6.48. The molecule has 0 bridgehead atoms. The minimum Gasteiger partial charge on any atom is -0.457 e. The summed E-state index contributed by atoms with van der Waals surface area (Å²) in [5.74, 6) is 3.07. The predicted octanol–water partition coefficient (Wildman–Crippen LogP) is 5.96. The van der Waals surface area contributed by atoms with E-state index in [1.807, 2.05) is 72.8 Å². The van der Waals surface area contributed by atoms with Crippen LogP contribution in [0.5, 0.6) is 11.5 Å². The summed E-state index contributed by atoms with van der Waals surface area (Å²) in [5, 5.41) is 8.74. The minimum absolute atomic E-state index is 0.513. The Bertz CT molecular complexity index is 1560. The zero-order chi connectivity index (χ0) is 26.6. The molecule has 3 aromatic carbocycles. The van der Waals surface area contributed by atoms with E-state index in [9.17, 15) is 0 Å². The first-order valence-corrected chi connectivity index (χ1v) is 13.7. The molecule has 2 radical (unpaired) electrons. The second-order valence-corrected chi connectivity index (χ2v) is 10.4. The Hall–Kier alpha value is -3.81. The molecule has 1 aliphatic heterocycles. The number of halogens is 1. The SMILES string of the molecule is [B]c1cnn2c(NCC3CCCN(Cc4ccc(Oc5ccccc5)cc4)C3)cc(-c3ccccc3Cl)nc12. The third-order valence-electron chi connectivity index (χ3n) is 7.13. The van der Waals surface area contributed by atoms with Gasteiger partial charge in [-0.2, -0.15) is 9.61 Å². The Morgan fingerprint density at radius 2 is 1.74 bits per heavy atom. The van der Waals surface area contributed by atoms with E-state index >= 15 is 0 Å². The summed E-state index contributed by atoms with van der Waals surface area (Å²) in [6.07, 6.45) is 4.00. The molecule has 1 atom stereocenters. The molecule has 1 N–H and O–H groups in total. The maximum Gasteiger partial charge on any atom is 0.150 e. The summed E-state index contributed by atoms with van der Waals surface area (Å²) in [7, 11) is 6.19. The van der Waals surface area contributed by atoms with Crippen molar-refractivity contribution < 1.29 is 4.74 Å². The van der Waals surface area contributed by atoms with Gasteiger partial charge in [0.25, 0.3) is 0 Å². The molecule has 3 heterocycles. The van der Waals surface area contributed by atoms with Crippen LogP contribution >= 0.6 is 11.6 Å². The molecule has 6 nitrogen and oxygen atoms in total. The number of ether oxygens (including phenoxy) is 1. The van der Waals surface area contributed by atoms with Crippen molar-refractivity contribution in [2.24, 2.45) is 5.92 Å². The number of hydrogen-bond acceptors (Lipinski definition) is 5. The van der Waals surface area contributed by atoms with Crippen LogP contribution in [-0.2, 0) is 6.54 Å². The Balaban J connectivity index is 1.11. The molecule has 0 saturated carbocycles. The summed E-state index contributed by atoms with van der Waals surface area (Å²) in [6.45, 7) is 3.89. The van der Waals surface area contributed by atoms with Gasteiger partial charge in [-0.15, -0.1) is 0 Å². The number of nitrogens with one attached hydrogen (secondary N) is 1. The first-order valence-electron chi connectivity index (χ1n) is 13.3. The Morgan fingerprint density at radius 1 is 0.974 bits per heavy atom. The number of anilines is 1. The largest absolute Gasteiger partial charge is 0.457 e. The molecule has 194 valence electrons. The van der Waals surface area contributed by atoms with Crippen LogP contribution in [0.3, 0.4) is 0 Å². The van der Waals surface area contributed by atoms with Crippen molar-refractivity contribution in [3.8, 4) is 22.8 Å². The van der Waals surface area contributed by atoms with Gasteiger partial charge in [0, 0.05) is 42.5 Å². The molecule has 2 aromatic heterocycles. The van der Waals surface area contributed by atoms with Crippen molar-refractivity contribution in [3.05, 3.63) is 102 Å². The van der Waals surface area contributed by atoms with Gasteiger partial charge < -0.3 is 10.1 Å². The average molecular weight is 534 g/mol. The second-order valence-electron chi connectivity index (χ2n) is 10.0. The van der Waals surface area contributed by atoms with Crippen LogP contribution in [-0.4, -0.2) is 47.0 Å². The van der Waals surface area contributed by atoms with Crippen molar-refractivity contribution >= 4 is 36.4 Å². The van der Waals surface area contributed by atoms with Gasteiger partial charge in [-0.1, -0.05) is 60.1 Å². The van der Waals surface area contributed by atoms with Gasteiger partial charge in [0.1, 0.15) is 25.2 Å². The summed E-state index contributed by atoms with van der Waals surface area (Å²) in [6, 6.07) is 28.0. The topological polar surface area (TPSA) is 54.7 Å². The predicted molar refractivity (Wildman–Crippen MR) is 158 cm³/mol. The van der Waals surface area contributed by atoms with E-state index in [0.29, 0.717) is 22.1 Å². The van der Waals surface area contributed by atoms with E-state index in [1.54, 1.807) is 10.7 Å². The minimum atomic E-state index is 0.513. The number of likely N-dealkylation sites (tertiary alicyclic amines) is 1. The maximum atomic E-state index is 6.48. The standard InChI is InChI=1S/C31H29BClN5O/c32-27-19-35-38-30(17-29(36-31(27)38)26-10-4-5-11-28(26)33)34-18-23-7-6-16-37(21-23)20-22-12-14-25(15-13-22)39-24-8-2-1-3-9-24/h1-5,8-15,17,19,23,34H,6-7,16,18,20-21H2. The van der Waals surface area contributed by atoms with Gasteiger partial charge in [-0.25, -0.2) is 4.98 Å². The summed E-state index contributed by atoms with van der Waals surface area (Å²) < 4.78 is 7.71. The fourth-order valence-corrected chi connectivity index (χ4v) is 5.40. The summed E-state index contributed by atoms with van der Waals surface area (Å²) in [5.41, 5.74) is 4.09. The van der Waals surface area contributed by atoms with Gasteiger partial charge in [0.15, 0.2) is 5.65 Å². The number of rotatable bonds is 8. The van der Waals surface area contributed by atoms with Crippen LogP contribution in [0.4, 0.5) is 5.82 Å². The van der Waals surface area contributed by atoms with Crippen LogP contribution < -0.4 is 15.5 Å². The molecule has 1 unspecified atom stereocenters. The molecule has 0 aliphatic carbocycles. The molecule has 0 spiro atoms. The van der Waals surface area contributed by atoms with E-state index in [2.05, 4.69) is 27.4 Å². The fourth-order valence-electron chi connectivity index (χ4n) is 5.17. The summed E-state index contributed by atoms with van der Waals surface area (Å²) >= 11 is 6.48. The van der Waals surface area contributed by atoms with Crippen molar-refractivity contribution in [1.29, 1.82) is 0 Å². The highest BCUT2D eigenvalue weighted by Crippen LogP contribution is 2.29. The zero-order valence-electron chi connectivity index (χ0n) is 21.6. The number of piperidine rings is 1. The van der Waals surface area contributed by atoms with Crippen molar-refractivity contribution in [2.45, 2.75) is 19.4 Å². The number of hydrogen-bond donors (Lipinski definition) is 1.